The van der Waals surface area contributed by atoms with E-state index in [0.29, 0.717) is 18.1 Å². The molecular formula is C13H17ClN2O. The fourth-order valence-corrected chi connectivity index (χ4v) is 1.68. The highest BCUT2D eigenvalue weighted by molar-refractivity contribution is 6.30. The first-order valence-corrected chi connectivity index (χ1v) is 5.84. The van der Waals surface area contributed by atoms with Crippen molar-refractivity contribution in [3.8, 4) is 11.8 Å². The zero-order valence-corrected chi connectivity index (χ0v) is 11.2. The van der Waals surface area contributed by atoms with Gasteiger partial charge in [-0.05, 0) is 44.8 Å². The lowest BCUT2D eigenvalue weighted by Crippen LogP contribution is -2.33. The Kier molecular flexibility index (Phi) is 5.27. The summed E-state index contributed by atoms with van der Waals surface area (Å²) in [5.74, 6) is 0.819. The maximum atomic E-state index is 8.72. The summed E-state index contributed by atoms with van der Waals surface area (Å²) in [4.78, 5) is 1.99. The fraction of sp³-hybridized carbons (Fsp3) is 0.462. The molecule has 1 unspecified atom stereocenters. The van der Waals surface area contributed by atoms with E-state index in [-0.39, 0.29) is 6.04 Å². The van der Waals surface area contributed by atoms with Crippen LogP contribution in [0.15, 0.2) is 18.2 Å². The van der Waals surface area contributed by atoms with Crippen LogP contribution < -0.4 is 4.74 Å². The zero-order chi connectivity index (χ0) is 12.8. The number of nitrogens with zero attached hydrogens (tertiary/aromatic N) is 2. The minimum atomic E-state index is 0.107. The molecule has 0 saturated heterocycles. The quantitative estimate of drug-likeness (QED) is 0.809. The topological polar surface area (TPSA) is 36.3 Å². The van der Waals surface area contributed by atoms with E-state index in [2.05, 4.69) is 6.07 Å². The summed E-state index contributed by atoms with van der Waals surface area (Å²) in [7, 11) is 3.89. The van der Waals surface area contributed by atoms with Crippen molar-refractivity contribution in [3.05, 3.63) is 28.8 Å². The average molecular weight is 253 g/mol. The van der Waals surface area contributed by atoms with Crippen molar-refractivity contribution in [2.24, 2.45) is 0 Å². The molecule has 4 heteroatoms. The molecule has 0 aliphatic heterocycles. The van der Waals surface area contributed by atoms with Crippen LogP contribution in [-0.2, 0) is 0 Å². The molecule has 0 spiro atoms. The molecule has 0 saturated carbocycles. The summed E-state index contributed by atoms with van der Waals surface area (Å²) in [6.45, 7) is 2.46. The Labute approximate surface area is 108 Å². The second kappa shape index (κ2) is 6.48. The third kappa shape index (κ3) is 4.26. The number of hydrogen-bond donors (Lipinski definition) is 0. The number of rotatable bonds is 5. The Balaban J connectivity index is 2.62. The minimum Gasteiger partial charge on any atom is -0.492 e. The number of nitriles is 1. The van der Waals surface area contributed by atoms with E-state index in [1.165, 1.54) is 0 Å². The zero-order valence-electron chi connectivity index (χ0n) is 10.4. The highest BCUT2D eigenvalue weighted by Crippen LogP contribution is 2.22. The molecule has 92 valence electrons. The van der Waals surface area contributed by atoms with E-state index >= 15 is 0 Å². The fourth-order valence-electron chi connectivity index (χ4n) is 1.46. The molecule has 3 nitrogen and oxygen atoms in total. The summed E-state index contributed by atoms with van der Waals surface area (Å²) < 4.78 is 5.72. The predicted octanol–water partition coefficient (Wildman–Crippen LogP) is 2.87. The van der Waals surface area contributed by atoms with Gasteiger partial charge in [0.1, 0.15) is 12.4 Å². The van der Waals surface area contributed by atoms with Gasteiger partial charge in [0.25, 0.3) is 0 Å². The lowest BCUT2D eigenvalue weighted by atomic mass is 10.2. The van der Waals surface area contributed by atoms with Crippen LogP contribution in [0.5, 0.6) is 5.75 Å². The van der Waals surface area contributed by atoms with Crippen molar-refractivity contribution < 1.29 is 4.74 Å². The Hall–Kier alpha value is -1.24. The Morgan fingerprint density at radius 1 is 1.47 bits per heavy atom. The molecule has 1 aromatic carbocycles. The van der Waals surface area contributed by atoms with Crippen LogP contribution in [0, 0.1) is 18.3 Å². The van der Waals surface area contributed by atoms with E-state index in [9.17, 15) is 0 Å². The second-order valence-electron chi connectivity index (χ2n) is 4.20. The molecule has 17 heavy (non-hydrogen) atoms. The van der Waals surface area contributed by atoms with Gasteiger partial charge in [0.2, 0.25) is 0 Å². The van der Waals surface area contributed by atoms with Gasteiger partial charge in [-0.2, -0.15) is 5.26 Å². The standard InChI is InChI=1S/C13H17ClN2O/c1-10-8-11(14)4-5-13(10)17-9-12(6-7-15)16(2)3/h4-5,8,12H,6,9H2,1-3H3. The van der Waals surface area contributed by atoms with Crippen LogP contribution in [0.25, 0.3) is 0 Å². The van der Waals surface area contributed by atoms with Crippen molar-refractivity contribution in [1.29, 1.82) is 5.26 Å². The first kappa shape index (κ1) is 13.8. The molecule has 0 heterocycles. The number of ether oxygens (including phenoxy) is 1. The number of halogens is 1. The smallest absolute Gasteiger partial charge is 0.122 e. The molecule has 0 N–H and O–H groups in total. The Morgan fingerprint density at radius 3 is 2.71 bits per heavy atom. The number of hydrogen-bond acceptors (Lipinski definition) is 3. The molecule has 1 atom stereocenters. The molecule has 0 aliphatic carbocycles. The molecule has 1 rings (SSSR count). The monoisotopic (exact) mass is 252 g/mol. The molecule has 1 aromatic rings. The highest BCUT2D eigenvalue weighted by Gasteiger charge is 2.12. The molecule has 0 amide bonds. The van der Waals surface area contributed by atoms with E-state index in [1.807, 2.05) is 38.1 Å². The largest absolute Gasteiger partial charge is 0.492 e. The number of aryl methyl sites for hydroxylation is 1. The van der Waals surface area contributed by atoms with Crippen molar-refractivity contribution in [3.63, 3.8) is 0 Å². The molecule has 0 fully saturated rings. The van der Waals surface area contributed by atoms with E-state index in [4.69, 9.17) is 21.6 Å². The summed E-state index contributed by atoms with van der Waals surface area (Å²) in [5, 5.41) is 9.43. The third-order valence-corrected chi connectivity index (χ3v) is 2.86. The van der Waals surface area contributed by atoms with Gasteiger partial charge in [-0.25, -0.2) is 0 Å². The van der Waals surface area contributed by atoms with Gasteiger partial charge in [0.05, 0.1) is 18.5 Å². The van der Waals surface area contributed by atoms with E-state index in [1.54, 1.807) is 6.07 Å². The highest BCUT2D eigenvalue weighted by atomic mass is 35.5. The predicted molar refractivity (Wildman–Crippen MR) is 69.4 cm³/mol. The van der Waals surface area contributed by atoms with E-state index < -0.39 is 0 Å². The van der Waals surface area contributed by atoms with Crippen LogP contribution in [-0.4, -0.2) is 31.6 Å². The number of likely N-dealkylation sites (N-methyl/N-ethyl adjacent to an activating group) is 1. The third-order valence-electron chi connectivity index (χ3n) is 2.63. The molecule has 0 aromatic heterocycles. The van der Waals surface area contributed by atoms with Gasteiger partial charge in [0, 0.05) is 5.02 Å². The maximum absolute atomic E-state index is 8.72. The van der Waals surface area contributed by atoms with Crippen LogP contribution >= 0.6 is 11.6 Å². The first-order chi connectivity index (χ1) is 8.04. The van der Waals surface area contributed by atoms with Gasteiger partial charge in [-0.15, -0.1) is 0 Å². The van der Waals surface area contributed by atoms with Crippen LogP contribution in [0.2, 0.25) is 5.02 Å². The minimum absolute atomic E-state index is 0.107. The second-order valence-corrected chi connectivity index (χ2v) is 4.64. The molecule has 0 radical (unpaired) electrons. The molecule has 0 aliphatic rings. The van der Waals surface area contributed by atoms with Crippen molar-refractivity contribution in [2.45, 2.75) is 19.4 Å². The number of benzene rings is 1. The SMILES string of the molecule is Cc1cc(Cl)ccc1OCC(CC#N)N(C)C. The molecule has 0 bridgehead atoms. The van der Waals surface area contributed by atoms with Crippen LogP contribution in [0.4, 0.5) is 0 Å². The van der Waals surface area contributed by atoms with Crippen molar-refractivity contribution >= 4 is 11.6 Å². The lowest BCUT2D eigenvalue weighted by molar-refractivity contribution is 0.187. The van der Waals surface area contributed by atoms with E-state index in [0.717, 1.165) is 11.3 Å². The van der Waals surface area contributed by atoms with Crippen LogP contribution in [0.1, 0.15) is 12.0 Å². The summed E-state index contributed by atoms with van der Waals surface area (Å²) in [5.41, 5.74) is 1.01. The normalized spacial score (nSPS) is 12.2. The van der Waals surface area contributed by atoms with Gasteiger partial charge in [0.15, 0.2) is 0 Å². The first-order valence-electron chi connectivity index (χ1n) is 5.47. The van der Waals surface area contributed by atoms with Gasteiger partial charge >= 0.3 is 0 Å². The van der Waals surface area contributed by atoms with Crippen LogP contribution in [0.3, 0.4) is 0 Å². The maximum Gasteiger partial charge on any atom is 0.122 e. The lowest BCUT2D eigenvalue weighted by Gasteiger charge is -2.22. The summed E-state index contributed by atoms with van der Waals surface area (Å²) in [6.07, 6.45) is 0.458. The van der Waals surface area contributed by atoms with Gasteiger partial charge < -0.3 is 9.64 Å². The molecular weight excluding hydrogens is 236 g/mol. The van der Waals surface area contributed by atoms with Gasteiger partial charge in [-0.3, -0.25) is 0 Å². The average Bonchev–Trinajstić information content (AvgIpc) is 2.25. The summed E-state index contributed by atoms with van der Waals surface area (Å²) in [6, 6.07) is 7.80. The summed E-state index contributed by atoms with van der Waals surface area (Å²) >= 11 is 5.87. The van der Waals surface area contributed by atoms with Gasteiger partial charge in [-0.1, -0.05) is 11.6 Å². The Morgan fingerprint density at radius 2 is 2.18 bits per heavy atom. The van der Waals surface area contributed by atoms with Crippen molar-refractivity contribution in [2.75, 3.05) is 20.7 Å². The Bertz CT molecular complexity index is 412. The van der Waals surface area contributed by atoms with Crippen molar-refractivity contribution in [1.82, 2.24) is 4.90 Å².